The smallest absolute Gasteiger partial charge is 0.365 e. The number of H-pyrrole nitrogens is 1. The van der Waals surface area contributed by atoms with Gasteiger partial charge in [-0.2, -0.15) is 0 Å². The first-order valence-corrected chi connectivity index (χ1v) is 1.99. The standard InChI is InChI=1S/C5H7N/c1-5-3-2-4-6-5/h2-4,6H,1H3/p+1. The van der Waals surface area contributed by atoms with E-state index >= 15 is 0 Å². The van der Waals surface area contributed by atoms with E-state index < -0.39 is 0 Å². The van der Waals surface area contributed by atoms with Gasteiger partial charge in [-0.15, -0.1) is 0 Å². The van der Waals surface area contributed by atoms with Crippen LogP contribution in [0.5, 0.6) is 0 Å². The van der Waals surface area contributed by atoms with Gasteiger partial charge in [-0.05, 0) is 19.1 Å². The zero-order valence-electron chi connectivity index (χ0n) is 4.73. The number of hydrogen-bond donors (Lipinski definition) is 1. The predicted octanol–water partition coefficient (Wildman–Crippen LogP) is 1.44. The van der Waals surface area contributed by atoms with Crippen LogP contribution in [0.3, 0.4) is 0 Å². The molecule has 32 valence electrons. The van der Waals surface area contributed by atoms with Crippen LogP contribution in [0.15, 0.2) is 18.3 Å². The zero-order chi connectivity index (χ0) is 4.41. The molecule has 0 fully saturated rings. The van der Waals surface area contributed by atoms with Gasteiger partial charge in [0.25, 0.3) is 0 Å². The van der Waals surface area contributed by atoms with Gasteiger partial charge in [0.05, 0.1) is 0 Å². The SMILES string of the molecule is Cc1ccc[nH]1.[H+]. The molecule has 0 radical (unpaired) electrons. The third-order valence-electron chi connectivity index (χ3n) is 0.753. The Morgan fingerprint density at radius 2 is 2.67 bits per heavy atom. The number of rotatable bonds is 0. The maximum Gasteiger partial charge on any atom is 1.00 e. The van der Waals surface area contributed by atoms with Crippen LogP contribution in [0.25, 0.3) is 0 Å². The third-order valence-corrected chi connectivity index (χ3v) is 0.753. The van der Waals surface area contributed by atoms with Gasteiger partial charge in [0.2, 0.25) is 0 Å². The van der Waals surface area contributed by atoms with Gasteiger partial charge in [0.1, 0.15) is 0 Å². The minimum atomic E-state index is 0. The summed E-state index contributed by atoms with van der Waals surface area (Å²) in [5.74, 6) is 0. The van der Waals surface area contributed by atoms with Crippen molar-refractivity contribution < 1.29 is 1.43 Å². The van der Waals surface area contributed by atoms with Crippen molar-refractivity contribution in [2.24, 2.45) is 0 Å². The van der Waals surface area contributed by atoms with E-state index in [2.05, 4.69) is 4.98 Å². The van der Waals surface area contributed by atoms with Gasteiger partial charge >= 0.3 is 1.43 Å². The summed E-state index contributed by atoms with van der Waals surface area (Å²) >= 11 is 0. The van der Waals surface area contributed by atoms with Crippen molar-refractivity contribution in [2.45, 2.75) is 6.92 Å². The number of nitrogens with one attached hydrogen (secondary N) is 1. The second kappa shape index (κ2) is 1.17. The van der Waals surface area contributed by atoms with Crippen molar-refractivity contribution in [3.8, 4) is 0 Å². The highest BCUT2D eigenvalue weighted by Crippen LogP contribution is 1.86. The molecule has 0 amide bonds. The van der Waals surface area contributed by atoms with Crippen LogP contribution in [-0.2, 0) is 0 Å². The lowest BCUT2D eigenvalue weighted by atomic mass is 10.5. The van der Waals surface area contributed by atoms with E-state index in [1.165, 1.54) is 5.69 Å². The number of hydrogen-bond acceptors (Lipinski definition) is 0. The Morgan fingerprint density at radius 3 is 2.83 bits per heavy atom. The molecule has 1 rings (SSSR count). The van der Waals surface area contributed by atoms with E-state index in [-0.39, 0.29) is 1.43 Å². The van der Waals surface area contributed by atoms with Gasteiger partial charge in [-0.25, -0.2) is 0 Å². The highest BCUT2D eigenvalue weighted by molar-refractivity contribution is 4.99. The number of aryl methyl sites for hydroxylation is 1. The lowest BCUT2D eigenvalue weighted by molar-refractivity contribution is 1.27. The van der Waals surface area contributed by atoms with E-state index in [9.17, 15) is 0 Å². The molecule has 0 aliphatic carbocycles. The first-order chi connectivity index (χ1) is 2.89. The largest absolute Gasteiger partial charge is 1.00 e. The quantitative estimate of drug-likeness (QED) is 0.487. The molecular formula is C5H8N+. The molecule has 1 aromatic heterocycles. The average Bonchev–Trinajstić information content (AvgIpc) is 1.86. The molecule has 1 nitrogen and oxygen atoms in total. The summed E-state index contributed by atoms with van der Waals surface area (Å²) in [4.78, 5) is 3.00. The fourth-order valence-corrected chi connectivity index (χ4v) is 0.420. The van der Waals surface area contributed by atoms with Crippen molar-refractivity contribution in [2.75, 3.05) is 0 Å². The summed E-state index contributed by atoms with van der Waals surface area (Å²) in [7, 11) is 0. The molecule has 0 aliphatic heterocycles. The van der Waals surface area contributed by atoms with Gasteiger partial charge in [0.15, 0.2) is 0 Å². The van der Waals surface area contributed by atoms with Crippen LogP contribution in [0.4, 0.5) is 0 Å². The van der Waals surface area contributed by atoms with Crippen molar-refractivity contribution >= 4 is 0 Å². The molecule has 6 heavy (non-hydrogen) atoms. The van der Waals surface area contributed by atoms with Crippen LogP contribution in [-0.4, -0.2) is 4.98 Å². The summed E-state index contributed by atoms with van der Waals surface area (Å²) in [6.45, 7) is 2.03. The van der Waals surface area contributed by atoms with Crippen LogP contribution >= 0.6 is 0 Å². The fourth-order valence-electron chi connectivity index (χ4n) is 0.420. The molecule has 1 aromatic rings. The molecule has 1 heteroatoms. The molecule has 0 aliphatic rings. The summed E-state index contributed by atoms with van der Waals surface area (Å²) < 4.78 is 0. The van der Waals surface area contributed by atoms with Crippen LogP contribution < -0.4 is 0 Å². The molecular weight excluding hydrogens is 74.1 g/mol. The van der Waals surface area contributed by atoms with E-state index in [1.54, 1.807) is 0 Å². The van der Waals surface area contributed by atoms with E-state index in [0.29, 0.717) is 0 Å². The summed E-state index contributed by atoms with van der Waals surface area (Å²) in [6, 6.07) is 4.01. The number of aromatic nitrogens is 1. The maximum atomic E-state index is 3.00. The highest BCUT2D eigenvalue weighted by Gasteiger charge is 1.72. The molecule has 0 bridgehead atoms. The van der Waals surface area contributed by atoms with Gasteiger partial charge in [0, 0.05) is 11.9 Å². The Labute approximate surface area is 38.5 Å². The van der Waals surface area contributed by atoms with E-state index in [1.807, 2.05) is 25.3 Å². The van der Waals surface area contributed by atoms with Gasteiger partial charge in [-0.3, -0.25) is 0 Å². The highest BCUT2D eigenvalue weighted by atomic mass is 14.7. The lowest BCUT2D eigenvalue weighted by Crippen LogP contribution is -1.59. The molecule has 1 heterocycles. The molecule has 1 N–H and O–H groups in total. The topological polar surface area (TPSA) is 15.8 Å². The molecule has 0 atom stereocenters. The Bertz CT molecular complexity index is 112. The molecule has 0 saturated carbocycles. The Balaban J connectivity index is 0.000000360. The van der Waals surface area contributed by atoms with E-state index in [0.717, 1.165) is 0 Å². The summed E-state index contributed by atoms with van der Waals surface area (Å²) in [5.41, 5.74) is 1.22. The van der Waals surface area contributed by atoms with Crippen molar-refractivity contribution in [1.82, 2.24) is 4.98 Å². The Hall–Kier alpha value is -0.720. The lowest BCUT2D eigenvalue weighted by Gasteiger charge is -1.70. The van der Waals surface area contributed by atoms with Gasteiger partial charge in [-0.1, -0.05) is 0 Å². The Kier molecular flexibility index (Phi) is 0.675. The fraction of sp³-hybridized carbons (Fsp3) is 0.200. The normalized spacial score (nSPS) is 8.83. The number of aromatic amines is 1. The second-order valence-electron chi connectivity index (χ2n) is 1.35. The zero-order valence-corrected chi connectivity index (χ0v) is 3.73. The summed E-state index contributed by atoms with van der Waals surface area (Å²) in [5, 5.41) is 0. The van der Waals surface area contributed by atoms with Crippen molar-refractivity contribution in [3.05, 3.63) is 24.0 Å². The first-order valence-electron chi connectivity index (χ1n) is 1.99. The first kappa shape index (κ1) is 3.47. The van der Waals surface area contributed by atoms with Crippen LogP contribution in [0, 0.1) is 6.92 Å². The van der Waals surface area contributed by atoms with E-state index in [4.69, 9.17) is 0 Å². The van der Waals surface area contributed by atoms with Crippen LogP contribution in [0.2, 0.25) is 0 Å². The maximum absolute atomic E-state index is 3.00. The monoisotopic (exact) mass is 82.1 g/mol. The average molecular weight is 82.1 g/mol. The van der Waals surface area contributed by atoms with Crippen LogP contribution in [0.1, 0.15) is 7.12 Å². The Morgan fingerprint density at radius 1 is 1.83 bits per heavy atom. The third kappa shape index (κ3) is 0.432. The summed E-state index contributed by atoms with van der Waals surface area (Å²) in [6.07, 6.45) is 1.91. The van der Waals surface area contributed by atoms with Crippen molar-refractivity contribution in [3.63, 3.8) is 0 Å². The second-order valence-corrected chi connectivity index (χ2v) is 1.35. The molecule has 0 unspecified atom stereocenters. The minimum absolute atomic E-state index is 0. The predicted molar refractivity (Wildman–Crippen MR) is 26.6 cm³/mol. The van der Waals surface area contributed by atoms with Gasteiger partial charge < -0.3 is 4.98 Å². The van der Waals surface area contributed by atoms with Crippen molar-refractivity contribution in [1.29, 1.82) is 0 Å². The molecule has 0 aromatic carbocycles. The molecule has 0 saturated heterocycles. The minimum Gasteiger partial charge on any atom is -0.365 e. The molecule has 0 spiro atoms.